The molecule has 0 bridgehead atoms. The molecule has 0 fully saturated rings. The predicted octanol–water partition coefficient (Wildman–Crippen LogP) is 3.32. The lowest BCUT2D eigenvalue weighted by atomic mass is 9.92. The third-order valence-electron chi connectivity index (χ3n) is 3.32. The Hall–Kier alpha value is -1.82. The summed E-state index contributed by atoms with van der Waals surface area (Å²) >= 11 is 0. The monoisotopic (exact) mass is 242 g/mol. The van der Waals surface area contributed by atoms with E-state index >= 15 is 0 Å². The quantitative estimate of drug-likeness (QED) is 0.816. The highest BCUT2D eigenvalue weighted by Gasteiger charge is 2.18. The molecule has 3 nitrogen and oxygen atoms in total. The third kappa shape index (κ3) is 2.89. The summed E-state index contributed by atoms with van der Waals surface area (Å²) in [6.45, 7) is 0.865. The van der Waals surface area contributed by atoms with Crippen molar-refractivity contribution in [1.29, 1.82) is 5.26 Å². The van der Waals surface area contributed by atoms with Crippen molar-refractivity contribution in [2.24, 2.45) is 4.99 Å². The molecular formula is C15H18N2O. The van der Waals surface area contributed by atoms with E-state index in [1.807, 2.05) is 24.3 Å². The molecule has 1 unspecified atom stereocenters. The van der Waals surface area contributed by atoms with Crippen molar-refractivity contribution in [2.75, 3.05) is 13.7 Å². The van der Waals surface area contributed by atoms with Crippen molar-refractivity contribution in [1.82, 2.24) is 0 Å². The average Bonchev–Trinajstić information content (AvgIpc) is 2.70. The molecule has 18 heavy (non-hydrogen) atoms. The largest absolute Gasteiger partial charge is 0.497 e. The summed E-state index contributed by atoms with van der Waals surface area (Å²) in [4.78, 5) is 4.58. The van der Waals surface area contributed by atoms with Gasteiger partial charge in [-0.05, 0) is 37.0 Å². The fraction of sp³-hybridized carbons (Fsp3) is 0.467. The summed E-state index contributed by atoms with van der Waals surface area (Å²) < 4.78 is 5.13. The van der Waals surface area contributed by atoms with Gasteiger partial charge in [-0.15, -0.1) is 0 Å². The fourth-order valence-electron chi connectivity index (χ4n) is 2.27. The molecule has 0 aliphatic carbocycles. The van der Waals surface area contributed by atoms with E-state index in [1.54, 1.807) is 7.11 Å². The van der Waals surface area contributed by atoms with Crippen LogP contribution in [0.25, 0.3) is 0 Å². The van der Waals surface area contributed by atoms with E-state index in [4.69, 9.17) is 4.74 Å². The van der Waals surface area contributed by atoms with E-state index in [2.05, 4.69) is 11.1 Å². The van der Waals surface area contributed by atoms with Crippen LogP contribution in [0.15, 0.2) is 29.3 Å². The number of methoxy groups -OCH3 is 1. The van der Waals surface area contributed by atoms with Crippen LogP contribution in [0.4, 0.5) is 0 Å². The number of hydrogen-bond acceptors (Lipinski definition) is 3. The second-order valence-corrected chi connectivity index (χ2v) is 4.52. The number of rotatable bonds is 3. The number of hydrogen-bond donors (Lipinski definition) is 0. The molecule has 3 heteroatoms. The zero-order valence-corrected chi connectivity index (χ0v) is 10.7. The first-order valence-corrected chi connectivity index (χ1v) is 6.42. The summed E-state index contributed by atoms with van der Waals surface area (Å²) in [5.41, 5.74) is 2.05. The van der Waals surface area contributed by atoms with Crippen LogP contribution in [0.3, 0.4) is 0 Å². The molecule has 94 valence electrons. The van der Waals surface area contributed by atoms with Crippen LogP contribution in [-0.4, -0.2) is 19.4 Å². The maximum atomic E-state index is 9.39. The van der Waals surface area contributed by atoms with Gasteiger partial charge in [0, 0.05) is 12.3 Å². The molecule has 2 rings (SSSR count). The predicted molar refractivity (Wildman–Crippen MR) is 72.1 cm³/mol. The Labute approximate surface area is 108 Å². The van der Waals surface area contributed by atoms with Crippen molar-refractivity contribution in [3.63, 3.8) is 0 Å². The van der Waals surface area contributed by atoms with Gasteiger partial charge in [-0.2, -0.15) is 5.26 Å². The Morgan fingerprint density at radius 2 is 2.00 bits per heavy atom. The van der Waals surface area contributed by atoms with Gasteiger partial charge in [-0.3, -0.25) is 4.99 Å². The van der Waals surface area contributed by atoms with Gasteiger partial charge in [-0.25, -0.2) is 0 Å². The van der Waals surface area contributed by atoms with Gasteiger partial charge in [0.15, 0.2) is 0 Å². The van der Waals surface area contributed by atoms with Crippen LogP contribution >= 0.6 is 0 Å². The van der Waals surface area contributed by atoms with E-state index in [9.17, 15) is 5.26 Å². The number of nitriles is 1. The van der Waals surface area contributed by atoms with Crippen molar-refractivity contribution in [3.8, 4) is 11.8 Å². The first-order valence-electron chi connectivity index (χ1n) is 6.42. The average molecular weight is 242 g/mol. The first kappa shape index (κ1) is 12.6. The minimum Gasteiger partial charge on any atom is -0.497 e. The zero-order valence-electron chi connectivity index (χ0n) is 10.7. The number of benzene rings is 1. The molecule has 1 heterocycles. The Kier molecular flexibility index (Phi) is 4.35. The molecule has 0 saturated heterocycles. The molecule has 1 atom stereocenters. The highest BCUT2D eigenvalue weighted by molar-refractivity contribution is 5.93. The molecule has 1 aliphatic rings. The summed E-state index contributed by atoms with van der Waals surface area (Å²) in [5.74, 6) is 0.618. The van der Waals surface area contributed by atoms with Gasteiger partial charge in [0.25, 0.3) is 0 Å². The van der Waals surface area contributed by atoms with Crippen LogP contribution in [0.5, 0.6) is 5.75 Å². The Bertz CT molecular complexity index is 456. The molecule has 1 aromatic carbocycles. The van der Waals surface area contributed by atoms with Crippen LogP contribution in [-0.2, 0) is 0 Å². The Morgan fingerprint density at radius 3 is 2.67 bits per heavy atom. The lowest BCUT2D eigenvalue weighted by molar-refractivity contribution is 0.414. The maximum absolute atomic E-state index is 9.39. The first-order chi connectivity index (χ1) is 8.85. The lowest BCUT2D eigenvalue weighted by Crippen LogP contribution is -2.11. The summed E-state index contributed by atoms with van der Waals surface area (Å²) in [5, 5.41) is 9.39. The molecule has 1 aromatic rings. The van der Waals surface area contributed by atoms with Crippen molar-refractivity contribution in [3.05, 3.63) is 29.8 Å². The zero-order chi connectivity index (χ0) is 12.8. The van der Waals surface area contributed by atoms with Crippen molar-refractivity contribution < 1.29 is 4.74 Å². The molecule has 0 spiro atoms. The lowest BCUT2D eigenvalue weighted by Gasteiger charge is -2.12. The number of ether oxygens (including phenoxy) is 1. The SMILES string of the molecule is COc1ccc(C(C#N)C2=NCCCCC2)cc1. The topological polar surface area (TPSA) is 45.4 Å². The van der Waals surface area contributed by atoms with Gasteiger partial charge in [0.05, 0.1) is 13.2 Å². The summed E-state index contributed by atoms with van der Waals surface area (Å²) in [6, 6.07) is 10.1. The molecule has 0 amide bonds. The third-order valence-corrected chi connectivity index (χ3v) is 3.32. The highest BCUT2D eigenvalue weighted by Crippen LogP contribution is 2.24. The Balaban J connectivity index is 2.21. The van der Waals surface area contributed by atoms with Gasteiger partial charge < -0.3 is 4.74 Å². The van der Waals surface area contributed by atoms with Crippen molar-refractivity contribution in [2.45, 2.75) is 31.6 Å². The van der Waals surface area contributed by atoms with Gasteiger partial charge in [0.2, 0.25) is 0 Å². The molecular weight excluding hydrogens is 224 g/mol. The van der Waals surface area contributed by atoms with Gasteiger partial charge in [-0.1, -0.05) is 18.6 Å². The number of nitrogens with zero attached hydrogens (tertiary/aromatic N) is 2. The van der Waals surface area contributed by atoms with Gasteiger partial charge >= 0.3 is 0 Å². The van der Waals surface area contributed by atoms with E-state index in [0.717, 1.165) is 42.8 Å². The van der Waals surface area contributed by atoms with E-state index in [0.29, 0.717) is 0 Å². The molecule has 0 aromatic heterocycles. The van der Waals surface area contributed by atoms with Crippen LogP contribution in [0, 0.1) is 11.3 Å². The molecule has 0 radical (unpaired) electrons. The molecule has 0 N–H and O–H groups in total. The second-order valence-electron chi connectivity index (χ2n) is 4.52. The second kappa shape index (κ2) is 6.20. The molecule has 1 aliphatic heterocycles. The van der Waals surface area contributed by atoms with Crippen LogP contribution < -0.4 is 4.74 Å². The standard InChI is InChI=1S/C15H18N2O/c1-18-13-8-6-12(7-9-13)14(11-16)15-5-3-2-4-10-17-15/h6-9,14H,2-5,10H2,1H3. The van der Waals surface area contributed by atoms with E-state index in [1.165, 1.54) is 6.42 Å². The smallest absolute Gasteiger partial charge is 0.118 e. The number of aliphatic imine (C=N–C) groups is 1. The van der Waals surface area contributed by atoms with Crippen LogP contribution in [0.2, 0.25) is 0 Å². The van der Waals surface area contributed by atoms with E-state index < -0.39 is 0 Å². The maximum Gasteiger partial charge on any atom is 0.118 e. The fourth-order valence-corrected chi connectivity index (χ4v) is 2.27. The minimum absolute atomic E-state index is 0.200. The normalized spacial score (nSPS) is 17.2. The van der Waals surface area contributed by atoms with E-state index in [-0.39, 0.29) is 5.92 Å². The van der Waals surface area contributed by atoms with Crippen molar-refractivity contribution >= 4 is 5.71 Å². The summed E-state index contributed by atoms with van der Waals surface area (Å²) in [7, 11) is 1.65. The van der Waals surface area contributed by atoms with Crippen LogP contribution in [0.1, 0.15) is 37.2 Å². The molecule has 0 saturated carbocycles. The summed E-state index contributed by atoms with van der Waals surface area (Å²) in [6.07, 6.45) is 4.45. The van der Waals surface area contributed by atoms with Gasteiger partial charge in [0.1, 0.15) is 11.7 Å². The minimum atomic E-state index is -0.200. The Morgan fingerprint density at radius 1 is 1.22 bits per heavy atom. The highest BCUT2D eigenvalue weighted by atomic mass is 16.5.